The molecule has 2 amide bonds. The fourth-order valence-electron chi connectivity index (χ4n) is 2.28. The van der Waals surface area contributed by atoms with Crippen LogP contribution in [-0.4, -0.2) is 67.3 Å². The Balaban J connectivity index is 0.000000340. The molecular formula is C22H28N4O8. The van der Waals surface area contributed by atoms with Crippen LogP contribution in [0.1, 0.15) is 11.1 Å². The Kier molecular flexibility index (Phi) is 12.4. The predicted octanol–water partition coefficient (Wildman–Crippen LogP) is 2.79. The molecule has 12 nitrogen and oxygen atoms in total. The van der Waals surface area contributed by atoms with Crippen LogP contribution in [0.25, 0.3) is 0 Å². The Hall–Kier alpha value is -4.48. The summed E-state index contributed by atoms with van der Waals surface area (Å²) in [5.41, 5.74) is 5.89. The van der Waals surface area contributed by atoms with Gasteiger partial charge in [0.15, 0.2) is 23.0 Å². The highest BCUT2D eigenvalue weighted by Crippen LogP contribution is 2.27. The molecule has 184 valence electrons. The molecule has 0 atom stereocenters. The fraction of sp³-hybridized carbons (Fsp3) is 0.273. The Bertz CT molecular complexity index is 915. The summed E-state index contributed by atoms with van der Waals surface area (Å²) in [7, 11) is 8.74. The van der Waals surface area contributed by atoms with Crippen molar-refractivity contribution in [3.05, 3.63) is 47.5 Å². The van der Waals surface area contributed by atoms with Crippen LogP contribution in [0.3, 0.4) is 0 Å². The summed E-state index contributed by atoms with van der Waals surface area (Å²) in [6.45, 7) is 0. The molecule has 0 fully saturated rings. The number of hydrogen-bond acceptors (Lipinski definition) is 10. The summed E-state index contributed by atoms with van der Waals surface area (Å²) in [5, 5.41) is 7.39. The summed E-state index contributed by atoms with van der Waals surface area (Å²) in [6.07, 6.45) is 1.70. The number of methoxy groups -OCH3 is 6. The summed E-state index contributed by atoms with van der Waals surface area (Å²) < 4.78 is 29.2. The largest absolute Gasteiger partial charge is 0.493 e. The Morgan fingerprint density at radius 3 is 1.26 bits per heavy atom. The maximum Gasteiger partial charge on any atom is 0.427 e. The van der Waals surface area contributed by atoms with E-state index in [0.717, 1.165) is 11.1 Å². The second kappa shape index (κ2) is 15.3. The minimum absolute atomic E-state index is 0.592. The zero-order valence-corrected chi connectivity index (χ0v) is 19.8. The molecule has 2 aromatic rings. The van der Waals surface area contributed by atoms with E-state index in [-0.39, 0.29) is 0 Å². The van der Waals surface area contributed by atoms with Crippen LogP contribution in [0.15, 0.2) is 46.6 Å². The summed E-state index contributed by atoms with van der Waals surface area (Å²) in [5.74, 6) is 2.44. The number of benzene rings is 2. The van der Waals surface area contributed by atoms with Gasteiger partial charge in [0.05, 0.1) is 55.1 Å². The molecule has 0 heterocycles. The van der Waals surface area contributed by atoms with E-state index in [1.807, 2.05) is 0 Å². The molecule has 34 heavy (non-hydrogen) atoms. The van der Waals surface area contributed by atoms with Gasteiger partial charge in [-0.15, -0.1) is 0 Å². The molecule has 2 N–H and O–H groups in total. The molecule has 2 aromatic carbocycles. The van der Waals surface area contributed by atoms with Crippen LogP contribution in [0.4, 0.5) is 9.59 Å². The molecule has 0 aromatic heterocycles. The lowest BCUT2D eigenvalue weighted by Crippen LogP contribution is -2.16. The SMILES string of the molecule is COC(=O)N/N=C/c1ccc(OC)c(OC)c1.COC(=O)N/N=C/c1ccc(OC)c(OC)c1. The maximum absolute atomic E-state index is 10.7. The number of carbonyl (C=O) groups excluding carboxylic acids is 2. The van der Waals surface area contributed by atoms with Crippen LogP contribution in [-0.2, 0) is 9.47 Å². The number of amides is 2. The number of rotatable bonds is 8. The molecule has 0 unspecified atom stereocenters. The van der Waals surface area contributed by atoms with Crippen LogP contribution >= 0.6 is 0 Å². The molecule has 0 saturated heterocycles. The van der Waals surface area contributed by atoms with E-state index in [1.165, 1.54) is 26.6 Å². The third-order valence-electron chi connectivity index (χ3n) is 3.92. The first-order valence-corrected chi connectivity index (χ1v) is 9.60. The van der Waals surface area contributed by atoms with Gasteiger partial charge in [-0.1, -0.05) is 0 Å². The van der Waals surface area contributed by atoms with Gasteiger partial charge in [-0.05, 0) is 47.5 Å². The number of ether oxygens (including phenoxy) is 6. The van der Waals surface area contributed by atoms with Crippen LogP contribution in [0.2, 0.25) is 0 Å². The lowest BCUT2D eigenvalue weighted by molar-refractivity contribution is 0.170. The number of hydrazone groups is 2. The summed E-state index contributed by atoms with van der Waals surface area (Å²) in [4.78, 5) is 21.5. The monoisotopic (exact) mass is 476 g/mol. The van der Waals surface area contributed by atoms with E-state index >= 15 is 0 Å². The Morgan fingerprint density at radius 2 is 0.971 bits per heavy atom. The third kappa shape index (κ3) is 9.34. The lowest BCUT2D eigenvalue weighted by Gasteiger charge is -2.07. The Morgan fingerprint density at radius 1 is 0.618 bits per heavy atom. The van der Waals surface area contributed by atoms with Gasteiger partial charge in [-0.3, -0.25) is 0 Å². The van der Waals surface area contributed by atoms with Crippen LogP contribution in [0, 0.1) is 0 Å². The first-order chi connectivity index (χ1) is 16.4. The van der Waals surface area contributed by atoms with Gasteiger partial charge in [0.25, 0.3) is 0 Å². The van der Waals surface area contributed by atoms with E-state index < -0.39 is 12.2 Å². The average molecular weight is 476 g/mol. The topological polar surface area (TPSA) is 138 Å². The highest BCUT2D eigenvalue weighted by atomic mass is 16.5. The summed E-state index contributed by atoms with van der Waals surface area (Å²) in [6, 6.07) is 10.5. The van der Waals surface area contributed by atoms with Gasteiger partial charge < -0.3 is 28.4 Å². The predicted molar refractivity (Wildman–Crippen MR) is 125 cm³/mol. The van der Waals surface area contributed by atoms with Crippen molar-refractivity contribution in [1.82, 2.24) is 10.9 Å². The summed E-state index contributed by atoms with van der Waals surface area (Å²) >= 11 is 0. The van der Waals surface area contributed by atoms with Crippen molar-refractivity contribution in [3.8, 4) is 23.0 Å². The standard InChI is InChI=1S/2C11H14N2O4/c2*1-15-9-5-4-8(6-10(9)16-2)7-12-13-11(14)17-3/h2*4-7H,1-3H3,(H,13,14)/b2*12-7+. The number of carbonyl (C=O) groups is 2. The van der Waals surface area contributed by atoms with Crippen molar-refractivity contribution in [2.24, 2.45) is 10.2 Å². The van der Waals surface area contributed by atoms with Gasteiger partial charge in [-0.2, -0.15) is 10.2 Å². The first kappa shape index (κ1) is 27.6. The molecule has 0 aliphatic rings. The number of nitrogens with zero attached hydrogens (tertiary/aromatic N) is 2. The van der Waals surface area contributed by atoms with Gasteiger partial charge in [0, 0.05) is 0 Å². The maximum atomic E-state index is 10.7. The van der Waals surface area contributed by atoms with Crippen molar-refractivity contribution in [1.29, 1.82) is 0 Å². The second-order valence-corrected chi connectivity index (χ2v) is 5.95. The fourth-order valence-corrected chi connectivity index (χ4v) is 2.28. The van der Waals surface area contributed by atoms with Crippen LogP contribution in [0.5, 0.6) is 23.0 Å². The first-order valence-electron chi connectivity index (χ1n) is 9.60. The minimum Gasteiger partial charge on any atom is -0.493 e. The lowest BCUT2D eigenvalue weighted by atomic mass is 10.2. The normalized spacial score (nSPS) is 10.1. The zero-order valence-electron chi connectivity index (χ0n) is 19.8. The van der Waals surface area contributed by atoms with Crippen molar-refractivity contribution in [2.45, 2.75) is 0 Å². The minimum atomic E-state index is -0.623. The van der Waals surface area contributed by atoms with E-state index in [2.05, 4.69) is 30.5 Å². The smallest absolute Gasteiger partial charge is 0.427 e. The molecule has 12 heteroatoms. The highest BCUT2D eigenvalue weighted by molar-refractivity contribution is 5.82. The molecule has 2 rings (SSSR count). The quantitative estimate of drug-likeness (QED) is 0.438. The molecule has 0 spiro atoms. The van der Waals surface area contributed by atoms with Crippen molar-refractivity contribution in [2.75, 3.05) is 42.7 Å². The van der Waals surface area contributed by atoms with E-state index in [0.29, 0.717) is 23.0 Å². The van der Waals surface area contributed by atoms with Crippen molar-refractivity contribution >= 4 is 24.6 Å². The molecular weight excluding hydrogens is 448 g/mol. The van der Waals surface area contributed by atoms with Gasteiger partial charge in [-0.25, -0.2) is 20.4 Å². The highest BCUT2D eigenvalue weighted by Gasteiger charge is 2.04. The van der Waals surface area contributed by atoms with Gasteiger partial charge in [0.2, 0.25) is 0 Å². The molecule has 0 aliphatic heterocycles. The molecule has 0 radical (unpaired) electrons. The van der Waals surface area contributed by atoms with E-state index in [1.54, 1.807) is 64.8 Å². The second-order valence-electron chi connectivity index (χ2n) is 5.95. The number of hydrogen-bond donors (Lipinski definition) is 2. The van der Waals surface area contributed by atoms with E-state index in [4.69, 9.17) is 18.9 Å². The molecule has 0 bridgehead atoms. The average Bonchev–Trinajstić information content (AvgIpc) is 2.88. The Labute approximate surface area is 197 Å². The third-order valence-corrected chi connectivity index (χ3v) is 3.92. The van der Waals surface area contributed by atoms with Crippen LogP contribution < -0.4 is 29.8 Å². The number of nitrogens with one attached hydrogen (secondary N) is 2. The molecule has 0 saturated carbocycles. The van der Waals surface area contributed by atoms with E-state index in [9.17, 15) is 9.59 Å². The molecule has 0 aliphatic carbocycles. The van der Waals surface area contributed by atoms with Crippen molar-refractivity contribution < 1.29 is 38.0 Å². The van der Waals surface area contributed by atoms with Gasteiger partial charge >= 0.3 is 12.2 Å². The van der Waals surface area contributed by atoms with Crippen molar-refractivity contribution in [3.63, 3.8) is 0 Å². The zero-order chi connectivity index (χ0) is 25.3. The van der Waals surface area contributed by atoms with Gasteiger partial charge in [0.1, 0.15) is 0 Å².